The molecular formula is C25H21F3N4O2S. The fourth-order valence-corrected chi connectivity index (χ4v) is 6.20. The standard InChI is InChI=1S/C25H21F3N4O2S/c26-25(27,28)13-31-8-5-14(6-9-31)32-12-17(15-3-1-2-4-19(15)32)21-20(23(33)30-24(21)34)16-11-29-18-7-10-35-22(16)18/h1-4,7,10-12,14,29H,5-6,8-9,13H2,(H,30,33,34). The zero-order chi connectivity index (χ0) is 24.3. The van der Waals surface area contributed by atoms with Crippen molar-refractivity contribution < 1.29 is 22.8 Å². The quantitative estimate of drug-likeness (QED) is 0.391. The molecule has 0 unspecified atom stereocenters. The number of H-pyrrole nitrogens is 1. The summed E-state index contributed by atoms with van der Waals surface area (Å²) in [6.07, 6.45) is 0.570. The van der Waals surface area contributed by atoms with Gasteiger partial charge in [-0.3, -0.25) is 19.8 Å². The van der Waals surface area contributed by atoms with Crippen molar-refractivity contribution in [3.63, 3.8) is 0 Å². The number of aromatic amines is 1. The van der Waals surface area contributed by atoms with Crippen molar-refractivity contribution in [3.05, 3.63) is 59.2 Å². The van der Waals surface area contributed by atoms with Crippen LogP contribution in [0, 0.1) is 0 Å². The van der Waals surface area contributed by atoms with E-state index in [0.29, 0.717) is 48.2 Å². The lowest BCUT2D eigenvalue weighted by molar-refractivity contribution is -0.148. The van der Waals surface area contributed by atoms with Crippen LogP contribution < -0.4 is 5.32 Å². The second-order valence-electron chi connectivity index (χ2n) is 8.99. The summed E-state index contributed by atoms with van der Waals surface area (Å²) in [7, 11) is 0. The second-order valence-corrected chi connectivity index (χ2v) is 9.90. The lowest BCUT2D eigenvalue weighted by Crippen LogP contribution is -2.40. The number of carbonyl (C=O) groups is 2. The minimum absolute atomic E-state index is 0.00129. The van der Waals surface area contributed by atoms with E-state index in [9.17, 15) is 22.8 Å². The van der Waals surface area contributed by atoms with E-state index < -0.39 is 24.5 Å². The number of rotatable bonds is 4. The Bertz CT molecular complexity index is 1500. The molecule has 1 saturated heterocycles. The maximum absolute atomic E-state index is 13.1. The monoisotopic (exact) mass is 498 g/mol. The highest BCUT2D eigenvalue weighted by Gasteiger charge is 2.36. The maximum Gasteiger partial charge on any atom is 0.401 e. The molecular weight excluding hydrogens is 477 g/mol. The van der Waals surface area contributed by atoms with Gasteiger partial charge in [0.1, 0.15) is 0 Å². The fraction of sp³-hybridized carbons (Fsp3) is 0.280. The van der Waals surface area contributed by atoms with Gasteiger partial charge in [0.2, 0.25) is 0 Å². The van der Waals surface area contributed by atoms with E-state index in [-0.39, 0.29) is 6.04 Å². The molecule has 180 valence electrons. The number of benzene rings is 1. The molecule has 2 N–H and O–H groups in total. The number of amides is 2. The molecule has 10 heteroatoms. The Hall–Kier alpha value is -3.37. The van der Waals surface area contributed by atoms with Crippen LogP contribution in [-0.4, -0.2) is 52.1 Å². The number of likely N-dealkylation sites (tertiary alicyclic amines) is 1. The summed E-state index contributed by atoms with van der Waals surface area (Å²) >= 11 is 1.50. The summed E-state index contributed by atoms with van der Waals surface area (Å²) in [5.41, 5.74) is 3.80. The summed E-state index contributed by atoms with van der Waals surface area (Å²) in [4.78, 5) is 30.6. The molecule has 1 aromatic carbocycles. The van der Waals surface area contributed by atoms with Gasteiger partial charge in [0.25, 0.3) is 11.8 Å². The van der Waals surface area contributed by atoms with E-state index in [1.165, 1.54) is 16.2 Å². The van der Waals surface area contributed by atoms with Crippen molar-refractivity contribution in [2.45, 2.75) is 25.1 Å². The Labute approximate surface area is 202 Å². The van der Waals surface area contributed by atoms with Gasteiger partial charge in [-0.15, -0.1) is 11.3 Å². The van der Waals surface area contributed by atoms with E-state index >= 15 is 0 Å². The largest absolute Gasteiger partial charge is 0.401 e. The predicted molar refractivity (Wildman–Crippen MR) is 129 cm³/mol. The topological polar surface area (TPSA) is 70.1 Å². The van der Waals surface area contributed by atoms with Crippen LogP contribution in [0.1, 0.15) is 30.0 Å². The van der Waals surface area contributed by atoms with Crippen LogP contribution in [0.25, 0.3) is 32.3 Å². The van der Waals surface area contributed by atoms with E-state index in [2.05, 4.69) is 14.9 Å². The van der Waals surface area contributed by atoms with Crippen LogP contribution in [0.4, 0.5) is 13.2 Å². The Morgan fingerprint density at radius 2 is 1.71 bits per heavy atom. The van der Waals surface area contributed by atoms with Crippen molar-refractivity contribution in [2.24, 2.45) is 0 Å². The number of nitrogens with zero attached hydrogens (tertiary/aromatic N) is 2. The third-order valence-electron chi connectivity index (χ3n) is 6.85. The Morgan fingerprint density at radius 3 is 2.46 bits per heavy atom. The zero-order valence-electron chi connectivity index (χ0n) is 18.5. The molecule has 35 heavy (non-hydrogen) atoms. The second kappa shape index (κ2) is 8.10. The Balaban J connectivity index is 1.44. The van der Waals surface area contributed by atoms with Crippen LogP contribution in [0.15, 0.2) is 48.1 Å². The van der Waals surface area contributed by atoms with E-state index in [1.807, 2.05) is 41.9 Å². The van der Waals surface area contributed by atoms with Gasteiger partial charge in [-0.05, 0) is 30.4 Å². The number of aromatic nitrogens is 2. The molecule has 2 aliphatic heterocycles. The first-order chi connectivity index (χ1) is 16.8. The minimum Gasteiger partial charge on any atom is -0.360 e. The summed E-state index contributed by atoms with van der Waals surface area (Å²) in [6.45, 7) is -0.207. The van der Waals surface area contributed by atoms with Gasteiger partial charge in [0.05, 0.1) is 27.9 Å². The number of nitrogens with one attached hydrogen (secondary N) is 2. The fourth-order valence-electron chi connectivity index (χ4n) is 5.32. The van der Waals surface area contributed by atoms with Gasteiger partial charge in [-0.25, -0.2) is 0 Å². The molecule has 6 rings (SSSR count). The summed E-state index contributed by atoms with van der Waals surface area (Å²) in [5, 5.41) is 5.22. The summed E-state index contributed by atoms with van der Waals surface area (Å²) in [5.74, 6) is -0.879. The number of halogens is 3. The number of piperidine rings is 1. The number of hydrogen-bond acceptors (Lipinski definition) is 4. The third-order valence-corrected chi connectivity index (χ3v) is 7.79. The van der Waals surface area contributed by atoms with E-state index in [0.717, 1.165) is 21.1 Å². The highest BCUT2D eigenvalue weighted by molar-refractivity contribution is 7.17. The van der Waals surface area contributed by atoms with Crippen LogP contribution >= 0.6 is 11.3 Å². The molecule has 2 amide bonds. The maximum atomic E-state index is 13.1. The number of hydrogen-bond donors (Lipinski definition) is 2. The first-order valence-corrected chi connectivity index (χ1v) is 12.2. The van der Waals surface area contributed by atoms with Gasteiger partial charge in [-0.1, -0.05) is 18.2 Å². The van der Waals surface area contributed by atoms with Crippen molar-refractivity contribution >= 4 is 55.4 Å². The summed E-state index contributed by atoms with van der Waals surface area (Å²) < 4.78 is 41.4. The number of imide groups is 1. The third kappa shape index (κ3) is 3.77. The van der Waals surface area contributed by atoms with Gasteiger partial charge in [0.15, 0.2) is 0 Å². The molecule has 0 aliphatic carbocycles. The SMILES string of the molecule is O=C1NC(=O)C(c2c[nH]c3ccsc23)=C1c1cn(C2CCN(CC(F)(F)F)CC2)c2ccccc12. The van der Waals surface area contributed by atoms with Crippen molar-refractivity contribution in [1.82, 2.24) is 19.8 Å². The van der Waals surface area contributed by atoms with Crippen LogP contribution in [-0.2, 0) is 9.59 Å². The summed E-state index contributed by atoms with van der Waals surface area (Å²) in [6, 6.07) is 9.57. The Kier molecular flexibility index (Phi) is 5.12. The molecule has 0 atom stereocenters. The van der Waals surface area contributed by atoms with Crippen LogP contribution in [0.3, 0.4) is 0 Å². The number of fused-ring (bicyclic) bond motifs is 2. The highest BCUT2D eigenvalue weighted by Crippen LogP contribution is 2.41. The van der Waals surface area contributed by atoms with Crippen molar-refractivity contribution in [2.75, 3.05) is 19.6 Å². The average Bonchev–Trinajstić information content (AvgIpc) is 3.56. The Morgan fingerprint density at radius 1 is 1.00 bits per heavy atom. The number of alkyl halides is 3. The van der Waals surface area contributed by atoms with Crippen molar-refractivity contribution in [1.29, 1.82) is 0 Å². The number of thiophene rings is 1. The first kappa shape index (κ1) is 22.1. The average molecular weight is 499 g/mol. The molecule has 0 bridgehead atoms. The smallest absolute Gasteiger partial charge is 0.360 e. The van der Waals surface area contributed by atoms with Crippen LogP contribution in [0.2, 0.25) is 0 Å². The number of carbonyl (C=O) groups excluding carboxylic acids is 2. The molecule has 0 radical (unpaired) electrons. The molecule has 2 aliphatic rings. The normalized spacial score (nSPS) is 18.4. The van der Waals surface area contributed by atoms with Crippen molar-refractivity contribution in [3.8, 4) is 0 Å². The lowest BCUT2D eigenvalue weighted by atomic mass is 9.97. The lowest BCUT2D eigenvalue weighted by Gasteiger charge is -2.33. The highest BCUT2D eigenvalue weighted by atomic mass is 32.1. The molecule has 0 saturated carbocycles. The minimum atomic E-state index is -4.21. The molecule has 0 spiro atoms. The predicted octanol–water partition coefficient (Wildman–Crippen LogP) is 4.95. The first-order valence-electron chi connectivity index (χ1n) is 11.3. The molecule has 1 fully saturated rings. The van der Waals surface area contributed by atoms with Crippen LogP contribution in [0.5, 0.6) is 0 Å². The van der Waals surface area contributed by atoms with Gasteiger partial charge < -0.3 is 9.55 Å². The molecule has 3 aromatic heterocycles. The number of para-hydroxylation sites is 1. The van der Waals surface area contributed by atoms with Gasteiger partial charge >= 0.3 is 6.18 Å². The van der Waals surface area contributed by atoms with E-state index in [4.69, 9.17) is 0 Å². The molecule has 5 heterocycles. The zero-order valence-corrected chi connectivity index (χ0v) is 19.3. The molecule has 6 nitrogen and oxygen atoms in total. The van der Waals surface area contributed by atoms with Gasteiger partial charge in [0, 0.05) is 53.6 Å². The van der Waals surface area contributed by atoms with Gasteiger partial charge in [-0.2, -0.15) is 13.2 Å². The van der Waals surface area contributed by atoms with E-state index in [1.54, 1.807) is 6.20 Å². The molecule has 4 aromatic rings.